The van der Waals surface area contributed by atoms with E-state index in [2.05, 4.69) is 13.8 Å². The quantitative estimate of drug-likeness (QED) is 0.552. The maximum atomic E-state index is 13.0. The molecular weight excluding hydrogens is 366 g/mol. The van der Waals surface area contributed by atoms with Crippen LogP contribution in [0.2, 0.25) is 0 Å². The second-order valence-electron chi connectivity index (χ2n) is 7.28. The second kappa shape index (κ2) is 11.2. The number of ether oxygens (including phenoxy) is 2. The van der Waals surface area contributed by atoms with Crippen LogP contribution in [-0.2, 0) is 20.9 Å². The molecule has 2 aromatic carbocycles. The van der Waals surface area contributed by atoms with E-state index in [4.69, 9.17) is 9.47 Å². The van der Waals surface area contributed by atoms with Crippen molar-refractivity contribution in [1.29, 1.82) is 0 Å². The fourth-order valence-corrected chi connectivity index (χ4v) is 2.97. The smallest absolute Gasteiger partial charge is 0.307 e. The number of carbonyl (C=O) groups is 2. The Morgan fingerprint density at radius 1 is 0.966 bits per heavy atom. The number of nitrogens with zero attached hydrogens (tertiary/aromatic N) is 1. The molecule has 5 nitrogen and oxygen atoms in total. The van der Waals surface area contributed by atoms with E-state index in [0.717, 1.165) is 5.56 Å². The van der Waals surface area contributed by atoms with Crippen LogP contribution in [0.5, 0.6) is 5.75 Å². The highest BCUT2D eigenvalue weighted by Gasteiger charge is 2.23. The minimum atomic E-state index is -0.661. The van der Waals surface area contributed by atoms with Crippen LogP contribution in [0.25, 0.3) is 0 Å². The SMILES string of the molecule is CCOC(=O)CCN(Cc1ccccc1)C(=O)C(C)Oc1ccc(C(C)C)cc1. The molecule has 0 bridgehead atoms. The Balaban J connectivity index is 2.06. The van der Waals surface area contributed by atoms with E-state index in [1.165, 1.54) is 5.56 Å². The predicted molar refractivity (Wildman–Crippen MR) is 114 cm³/mol. The summed E-state index contributed by atoms with van der Waals surface area (Å²) in [5, 5.41) is 0. The highest BCUT2D eigenvalue weighted by Crippen LogP contribution is 2.20. The summed E-state index contributed by atoms with van der Waals surface area (Å²) in [5.74, 6) is 0.620. The van der Waals surface area contributed by atoms with E-state index in [-0.39, 0.29) is 24.8 Å². The molecule has 0 saturated carbocycles. The minimum absolute atomic E-state index is 0.155. The third-order valence-electron chi connectivity index (χ3n) is 4.63. The summed E-state index contributed by atoms with van der Waals surface area (Å²) in [6, 6.07) is 17.5. The molecule has 0 fully saturated rings. The Kier molecular flexibility index (Phi) is 8.71. The second-order valence-corrected chi connectivity index (χ2v) is 7.28. The third-order valence-corrected chi connectivity index (χ3v) is 4.63. The third kappa shape index (κ3) is 7.26. The molecule has 1 atom stereocenters. The summed E-state index contributed by atoms with van der Waals surface area (Å²) in [4.78, 5) is 26.5. The highest BCUT2D eigenvalue weighted by molar-refractivity contribution is 5.81. The van der Waals surface area contributed by atoms with E-state index >= 15 is 0 Å². The predicted octanol–water partition coefficient (Wildman–Crippen LogP) is 4.56. The molecule has 5 heteroatoms. The Hall–Kier alpha value is -2.82. The van der Waals surface area contributed by atoms with Crippen molar-refractivity contribution in [2.75, 3.05) is 13.2 Å². The highest BCUT2D eigenvalue weighted by atomic mass is 16.5. The molecule has 29 heavy (non-hydrogen) atoms. The van der Waals surface area contributed by atoms with Gasteiger partial charge >= 0.3 is 5.97 Å². The fraction of sp³-hybridized carbons (Fsp3) is 0.417. The average Bonchev–Trinajstić information content (AvgIpc) is 2.72. The van der Waals surface area contributed by atoms with E-state index in [0.29, 0.717) is 24.8 Å². The summed E-state index contributed by atoms with van der Waals surface area (Å²) in [7, 11) is 0. The monoisotopic (exact) mass is 397 g/mol. The van der Waals surface area contributed by atoms with Crippen molar-refractivity contribution in [3.8, 4) is 5.75 Å². The minimum Gasteiger partial charge on any atom is -0.481 e. The number of carbonyl (C=O) groups excluding carboxylic acids is 2. The number of hydrogen-bond acceptors (Lipinski definition) is 4. The number of amides is 1. The zero-order chi connectivity index (χ0) is 21.2. The van der Waals surface area contributed by atoms with Gasteiger partial charge in [0.2, 0.25) is 0 Å². The van der Waals surface area contributed by atoms with Gasteiger partial charge < -0.3 is 14.4 Å². The van der Waals surface area contributed by atoms with Crippen molar-refractivity contribution in [2.24, 2.45) is 0 Å². The summed E-state index contributed by atoms with van der Waals surface area (Å²) in [5.41, 5.74) is 2.22. The first kappa shape index (κ1) is 22.5. The summed E-state index contributed by atoms with van der Waals surface area (Å²) in [6.07, 6.45) is -0.506. The van der Waals surface area contributed by atoms with Gasteiger partial charge in [-0.05, 0) is 43.0 Å². The van der Waals surface area contributed by atoms with Crippen molar-refractivity contribution < 1.29 is 19.1 Å². The van der Waals surface area contributed by atoms with Crippen molar-refractivity contribution in [3.05, 3.63) is 65.7 Å². The zero-order valence-corrected chi connectivity index (χ0v) is 17.8. The first-order chi connectivity index (χ1) is 13.9. The van der Waals surface area contributed by atoms with Gasteiger partial charge in [0, 0.05) is 13.1 Å². The number of esters is 1. The van der Waals surface area contributed by atoms with E-state index in [1.54, 1.807) is 18.7 Å². The van der Waals surface area contributed by atoms with Crippen LogP contribution < -0.4 is 4.74 Å². The van der Waals surface area contributed by atoms with Gasteiger partial charge in [-0.2, -0.15) is 0 Å². The molecule has 1 amide bonds. The topological polar surface area (TPSA) is 55.8 Å². The lowest BCUT2D eigenvalue weighted by atomic mass is 10.0. The average molecular weight is 398 g/mol. The molecule has 0 heterocycles. The zero-order valence-electron chi connectivity index (χ0n) is 17.8. The molecule has 0 saturated heterocycles. The Morgan fingerprint density at radius 3 is 2.21 bits per heavy atom. The van der Waals surface area contributed by atoms with Crippen LogP contribution in [0.1, 0.15) is 51.2 Å². The van der Waals surface area contributed by atoms with E-state index < -0.39 is 6.10 Å². The van der Waals surface area contributed by atoms with Crippen molar-refractivity contribution in [2.45, 2.75) is 52.7 Å². The molecule has 0 N–H and O–H groups in total. The van der Waals surface area contributed by atoms with E-state index in [9.17, 15) is 9.59 Å². The van der Waals surface area contributed by atoms with E-state index in [1.807, 2.05) is 54.6 Å². The maximum absolute atomic E-state index is 13.0. The Labute approximate surface area is 173 Å². The normalized spacial score (nSPS) is 11.8. The molecular formula is C24H31NO4. The number of benzene rings is 2. The van der Waals surface area contributed by atoms with Gasteiger partial charge in [0.15, 0.2) is 6.10 Å². The van der Waals surface area contributed by atoms with Crippen molar-refractivity contribution in [1.82, 2.24) is 4.90 Å². The molecule has 2 rings (SSSR count). The van der Waals surface area contributed by atoms with Crippen molar-refractivity contribution >= 4 is 11.9 Å². The lowest BCUT2D eigenvalue weighted by Gasteiger charge is -2.26. The number of hydrogen-bond donors (Lipinski definition) is 0. The van der Waals surface area contributed by atoms with Crippen LogP contribution in [0.3, 0.4) is 0 Å². The van der Waals surface area contributed by atoms with Gasteiger partial charge in [0.25, 0.3) is 5.91 Å². The fourth-order valence-electron chi connectivity index (χ4n) is 2.97. The van der Waals surface area contributed by atoms with Gasteiger partial charge in [-0.15, -0.1) is 0 Å². The number of rotatable bonds is 10. The molecule has 2 aromatic rings. The standard InChI is InChI=1S/C24H31NO4/c1-5-28-23(26)15-16-25(17-20-9-7-6-8-10-20)24(27)19(4)29-22-13-11-21(12-14-22)18(2)3/h6-14,18-19H,5,15-17H2,1-4H3. The maximum Gasteiger partial charge on any atom is 0.307 e. The van der Waals surface area contributed by atoms with Gasteiger partial charge in [-0.1, -0.05) is 56.3 Å². The van der Waals surface area contributed by atoms with Crippen LogP contribution in [-0.4, -0.2) is 36.0 Å². The van der Waals surface area contributed by atoms with Gasteiger partial charge in [0.1, 0.15) is 5.75 Å². The van der Waals surface area contributed by atoms with Crippen LogP contribution >= 0.6 is 0 Å². The summed E-state index contributed by atoms with van der Waals surface area (Å²) >= 11 is 0. The van der Waals surface area contributed by atoms with Crippen LogP contribution in [0.4, 0.5) is 0 Å². The molecule has 0 aromatic heterocycles. The first-order valence-corrected chi connectivity index (χ1v) is 10.2. The molecule has 0 spiro atoms. The van der Waals surface area contributed by atoms with Gasteiger partial charge in [0.05, 0.1) is 13.0 Å². The largest absolute Gasteiger partial charge is 0.481 e. The molecule has 0 aliphatic rings. The molecule has 0 aliphatic heterocycles. The molecule has 0 radical (unpaired) electrons. The Morgan fingerprint density at radius 2 is 1.62 bits per heavy atom. The lowest BCUT2D eigenvalue weighted by molar-refractivity contribution is -0.145. The molecule has 0 aliphatic carbocycles. The van der Waals surface area contributed by atoms with Gasteiger partial charge in [-0.3, -0.25) is 9.59 Å². The lowest BCUT2D eigenvalue weighted by Crippen LogP contribution is -2.41. The van der Waals surface area contributed by atoms with Crippen LogP contribution in [0.15, 0.2) is 54.6 Å². The summed E-state index contributed by atoms with van der Waals surface area (Å²) < 4.78 is 10.9. The Bertz CT molecular complexity index is 771. The van der Waals surface area contributed by atoms with Crippen molar-refractivity contribution in [3.63, 3.8) is 0 Å². The first-order valence-electron chi connectivity index (χ1n) is 10.2. The van der Waals surface area contributed by atoms with Gasteiger partial charge in [-0.25, -0.2) is 0 Å². The molecule has 156 valence electrons. The van der Waals surface area contributed by atoms with Crippen LogP contribution in [0, 0.1) is 0 Å². The summed E-state index contributed by atoms with van der Waals surface area (Å²) in [6.45, 7) is 8.80. The molecule has 1 unspecified atom stereocenters.